The van der Waals surface area contributed by atoms with E-state index in [0.717, 1.165) is 58.5 Å². The molecule has 0 bridgehead atoms. The molecule has 4 aromatic carbocycles. The molecule has 13 N–H and O–H groups in total. The number of rotatable bonds is 22. The minimum atomic E-state index is -0.969. The maximum absolute atomic E-state index is 12.7. The first-order chi connectivity index (χ1) is 50.7. The number of para-hydroxylation sites is 3. The van der Waals surface area contributed by atoms with Crippen LogP contribution in [-0.4, -0.2) is 191 Å². The number of aromatic nitrogens is 1. The van der Waals surface area contributed by atoms with Crippen molar-refractivity contribution in [3.05, 3.63) is 119 Å². The summed E-state index contributed by atoms with van der Waals surface area (Å²) in [5.74, 6) is -3.37. The highest BCUT2D eigenvalue weighted by molar-refractivity contribution is 5.96. The van der Waals surface area contributed by atoms with Crippen LogP contribution >= 0.6 is 0 Å². The van der Waals surface area contributed by atoms with Crippen LogP contribution in [0.4, 0.5) is 0 Å². The predicted octanol–water partition coefficient (Wildman–Crippen LogP) is 3.23. The van der Waals surface area contributed by atoms with E-state index in [1.165, 1.54) is 28.4 Å². The molecule has 14 atom stereocenters. The number of ether oxygens (including phenoxy) is 8. The van der Waals surface area contributed by atoms with E-state index in [2.05, 4.69) is 46.4 Å². The highest BCUT2D eigenvalue weighted by atomic mass is 16.5. The van der Waals surface area contributed by atoms with Crippen LogP contribution < -0.4 is 62.3 Å². The van der Waals surface area contributed by atoms with Gasteiger partial charge in [-0.2, -0.15) is 0 Å². The second-order valence-corrected chi connectivity index (χ2v) is 26.5. The maximum Gasteiger partial charge on any atom is 0.352 e. The Balaban J connectivity index is 0.000000183. The van der Waals surface area contributed by atoms with Gasteiger partial charge in [0, 0.05) is 80.0 Å². The van der Waals surface area contributed by atoms with Gasteiger partial charge in [0.25, 0.3) is 0 Å². The van der Waals surface area contributed by atoms with Gasteiger partial charge in [-0.25, -0.2) is 14.4 Å². The molecular formula is C75H97N9O22. The zero-order valence-electron chi connectivity index (χ0n) is 60.6. The minimum absolute atomic E-state index is 0.00546. The number of hydrogen-bond acceptors (Lipinski definition) is 22. The van der Waals surface area contributed by atoms with Crippen molar-refractivity contribution in [3.63, 3.8) is 0 Å². The monoisotopic (exact) mass is 1480 g/mol. The lowest BCUT2D eigenvalue weighted by Gasteiger charge is -2.23. The number of methoxy groups -OCH3 is 5. The molecule has 5 aromatic rings. The van der Waals surface area contributed by atoms with Crippen molar-refractivity contribution in [3.8, 4) is 23.0 Å². The SMILES string of the molecule is COC(=O)[C@@H](C)C[C@@H]1CCNC1=O.COC(=O)[C@@H](N)C[C@@H]1CCNC1=O.COC(=O)[C@H](C[C@@H]1CCNC1=O)NC(=O)[C@@H](C)[C@@H]1Cc2ccccc2O1.COC(=O)[C@H](C[C@@H]1CCNC1=O)NC(=O)[C@@H](N)[C@@H]1Cc2ccccc2O1.COc1cccc2[nH]c(C(=O)O)cc12.C[C@H](C(=O)O)[C@@H]1Cc2ccccc2O1. The van der Waals surface area contributed by atoms with Gasteiger partial charge in [-0.05, 0) is 111 Å². The van der Waals surface area contributed by atoms with E-state index in [1.54, 1.807) is 40.0 Å². The third-order valence-electron chi connectivity index (χ3n) is 19.3. The largest absolute Gasteiger partial charge is 0.496 e. The Bertz CT molecular complexity index is 3680. The summed E-state index contributed by atoms with van der Waals surface area (Å²) in [4.78, 5) is 141. The smallest absolute Gasteiger partial charge is 0.352 e. The van der Waals surface area contributed by atoms with Crippen molar-refractivity contribution in [1.29, 1.82) is 0 Å². The Labute approximate surface area is 613 Å². The first kappa shape index (κ1) is 82.5. The van der Waals surface area contributed by atoms with Gasteiger partial charge in [0.2, 0.25) is 35.4 Å². The first-order valence-electron chi connectivity index (χ1n) is 35.1. The van der Waals surface area contributed by atoms with Crippen LogP contribution in [0.1, 0.15) is 99.3 Å². The summed E-state index contributed by atoms with van der Waals surface area (Å²) >= 11 is 0. The number of carboxylic acid groups (broad SMARTS) is 2. The van der Waals surface area contributed by atoms with E-state index in [-0.39, 0.29) is 95.8 Å². The van der Waals surface area contributed by atoms with Crippen LogP contribution in [0.25, 0.3) is 10.9 Å². The minimum Gasteiger partial charge on any atom is -0.496 e. The molecule has 6 amide bonds. The van der Waals surface area contributed by atoms with Crippen LogP contribution in [0.5, 0.6) is 23.0 Å². The Morgan fingerprint density at radius 2 is 0.887 bits per heavy atom. The number of aromatic amines is 1. The first-order valence-corrected chi connectivity index (χ1v) is 35.1. The lowest BCUT2D eigenvalue weighted by molar-refractivity contribution is -0.147. The van der Waals surface area contributed by atoms with Gasteiger partial charge in [-0.3, -0.25) is 43.2 Å². The van der Waals surface area contributed by atoms with E-state index in [4.69, 9.17) is 50.1 Å². The topological polar surface area (TPSA) is 459 Å². The third-order valence-corrected chi connectivity index (χ3v) is 19.3. The molecule has 0 radical (unpaired) electrons. The van der Waals surface area contributed by atoms with Gasteiger partial charge in [0.1, 0.15) is 71.2 Å². The summed E-state index contributed by atoms with van der Waals surface area (Å²) in [5, 5.41) is 34.6. The summed E-state index contributed by atoms with van der Waals surface area (Å²) < 4.78 is 40.9. The standard InChI is InChI=1S/C19H24N2O5.C18H23N3O5.C11H12O3.C10H9NO3.C9H15NO3.C8H14N2O3/c1-11(16-10-12-5-3-4-6-15(12)26-16)17(22)21-14(19(24)25-2)9-13-7-8-20-18(13)23;1-25-18(24)12(8-11-6-7-20-16(11)22)21-17(23)15(19)14-9-10-4-2-3-5-13(10)26-14;1-7(11(12)13)10-6-8-4-2-3-5-9(8)14-10;1-14-9-4-2-3-7-6(9)5-8(11-7)10(12)13;1-6(9(12)13-2)5-7-3-4-10-8(7)11;1-13-8(12)6(9)4-5-2-3-10-7(5)11/h3-6,11,13-14,16H,7-10H2,1-2H3,(H,20,23)(H,21,22);2-5,11-12,14-15H,6-9,19H2,1H3,(H,20,22)(H,21,23);2-5,7,10H,6H2,1H3,(H,12,13);2-5,11H,1H3,(H,12,13);6-7H,3-5H2,1-2H3,(H,10,11);5-6H,2-4,9H2,1H3,(H,10,11)/t11-,13-,14-,16-;11-,12-,14-,15-;7-,10-;;6-,7-;5-,6-/m000.00/s1. The Kier molecular flexibility index (Phi) is 31.0. The molecule has 106 heavy (non-hydrogen) atoms. The van der Waals surface area contributed by atoms with E-state index >= 15 is 0 Å². The van der Waals surface area contributed by atoms with Crippen molar-refractivity contribution in [2.45, 2.75) is 134 Å². The summed E-state index contributed by atoms with van der Waals surface area (Å²) in [5.41, 5.74) is 15.7. The second-order valence-electron chi connectivity index (χ2n) is 26.5. The molecule has 7 aliphatic rings. The molecule has 574 valence electrons. The molecule has 4 fully saturated rings. The van der Waals surface area contributed by atoms with Crippen molar-refractivity contribution in [1.82, 2.24) is 36.9 Å². The molecule has 1 aromatic heterocycles. The lowest BCUT2D eigenvalue weighted by atomic mass is 9.95. The Morgan fingerprint density at radius 1 is 0.491 bits per heavy atom. The van der Waals surface area contributed by atoms with Crippen LogP contribution in [-0.2, 0) is 90.9 Å². The second kappa shape index (κ2) is 39.9. The van der Waals surface area contributed by atoms with Crippen molar-refractivity contribution in [2.24, 2.45) is 52.9 Å². The zero-order valence-corrected chi connectivity index (χ0v) is 60.6. The number of benzene rings is 4. The third kappa shape index (κ3) is 22.8. The van der Waals surface area contributed by atoms with Gasteiger partial charge >= 0.3 is 35.8 Å². The number of nitrogens with one attached hydrogen (secondary N) is 7. The maximum atomic E-state index is 12.7. The number of amides is 6. The number of carbonyl (C=O) groups excluding carboxylic acids is 10. The van der Waals surface area contributed by atoms with Crippen molar-refractivity contribution in [2.75, 3.05) is 61.7 Å². The molecule has 0 saturated carbocycles. The number of aromatic carboxylic acids is 1. The summed E-state index contributed by atoms with van der Waals surface area (Å²) in [6.07, 6.45) is 5.13. The van der Waals surface area contributed by atoms with Crippen LogP contribution in [0.15, 0.2) is 97.1 Å². The molecule has 0 unspecified atom stereocenters. The van der Waals surface area contributed by atoms with Crippen molar-refractivity contribution >= 4 is 82.2 Å². The number of esters is 4. The fraction of sp³-hybridized carbons (Fsp3) is 0.493. The summed E-state index contributed by atoms with van der Waals surface area (Å²) in [6, 6.07) is 26.5. The molecule has 7 aliphatic heterocycles. The average Bonchev–Trinajstić information content (AvgIpc) is 1.69. The fourth-order valence-electron chi connectivity index (χ4n) is 12.9. The van der Waals surface area contributed by atoms with Crippen LogP contribution in [0.3, 0.4) is 0 Å². The molecule has 0 spiro atoms. The summed E-state index contributed by atoms with van der Waals surface area (Å²) in [7, 11) is 6.73. The van der Waals surface area contributed by atoms with E-state index in [1.807, 2.05) is 84.9 Å². The number of carboxylic acids is 2. The summed E-state index contributed by atoms with van der Waals surface area (Å²) in [6.45, 7) is 7.82. The predicted molar refractivity (Wildman–Crippen MR) is 381 cm³/mol. The fourth-order valence-corrected chi connectivity index (χ4v) is 12.9. The normalized spacial score (nSPS) is 21.5. The highest BCUT2D eigenvalue weighted by Crippen LogP contribution is 2.34. The molecular weight excluding hydrogens is 1380 g/mol. The van der Waals surface area contributed by atoms with Gasteiger partial charge < -0.3 is 96.5 Å². The number of aliphatic carboxylic acids is 1. The number of fused-ring (bicyclic) bond motifs is 4. The number of H-pyrrole nitrogens is 1. The van der Waals surface area contributed by atoms with Crippen molar-refractivity contribution < 1.29 is 106 Å². The highest BCUT2D eigenvalue weighted by Gasteiger charge is 2.40. The Hall–Kier alpha value is -10.8. The van der Waals surface area contributed by atoms with E-state index in [9.17, 15) is 57.5 Å². The number of nitrogens with two attached hydrogens (primary N) is 2. The van der Waals surface area contributed by atoms with E-state index < -0.39 is 77.9 Å². The molecule has 8 heterocycles. The van der Waals surface area contributed by atoms with E-state index in [0.29, 0.717) is 76.1 Å². The zero-order chi connectivity index (χ0) is 77.3. The number of carbonyl (C=O) groups is 12. The van der Waals surface area contributed by atoms with Crippen LogP contribution in [0, 0.1) is 41.4 Å². The Morgan fingerprint density at radius 3 is 1.28 bits per heavy atom. The molecule has 12 rings (SSSR count). The molecule has 4 saturated heterocycles. The van der Waals surface area contributed by atoms with Crippen LogP contribution in [0.2, 0.25) is 0 Å². The molecule has 0 aliphatic carbocycles. The molecule has 31 heteroatoms. The van der Waals surface area contributed by atoms with Gasteiger partial charge in [-0.1, -0.05) is 74.5 Å². The average molecular weight is 1480 g/mol. The lowest BCUT2D eigenvalue weighted by Crippen LogP contribution is -2.54. The van der Waals surface area contributed by atoms with Gasteiger partial charge in [-0.15, -0.1) is 0 Å². The number of hydrogen-bond donors (Lipinski definition) is 11. The van der Waals surface area contributed by atoms with Gasteiger partial charge in [0.15, 0.2) is 0 Å². The molecule has 31 nitrogen and oxygen atoms in total. The quantitative estimate of drug-likeness (QED) is 0.0350. The van der Waals surface area contributed by atoms with Gasteiger partial charge in [0.05, 0.1) is 53.3 Å².